The van der Waals surface area contributed by atoms with E-state index in [4.69, 9.17) is 14.2 Å². The average molecular weight is 399 g/mol. The van der Waals surface area contributed by atoms with Crippen molar-refractivity contribution in [3.63, 3.8) is 0 Å². The van der Waals surface area contributed by atoms with E-state index >= 15 is 0 Å². The molecule has 0 bridgehead atoms. The monoisotopic (exact) mass is 398 g/mol. The number of carbonyl (C=O) groups is 2. The molecule has 2 rings (SSSR count). The standard InChI is InChI=1S/C21H38N2O5/c1-21(2,3)28-19(24)15-22(4)14-18(23-12-6-7-13-23)27-17-10-8-16(9-11-17)20(25)26-5/h16-18H,6-15H2,1-5H3. The van der Waals surface area contributed by atoms with Crippen LogP contribution in [0.2, 0.25) is 0 Å². The second-order valence-electron chi connectivity index (χ2n) is 9.11. The highest BCUT2D eigenvalue weighted by Crippen LogP contribution is 2.29. The number of methoxy groups -OCH3 is 1. The van der Waals surface area contributed by atoms with Gasteiger partial charge in [-0.15, -0.1) is 0 Å². The zero-order valence-electron chi connectivity index (χ0n) is 18.2. The van der Waals surface area contributed by atoms with Crippen molar-refractivity contribution in [3.05, 3.63) is 0 Å². The Labute approximate surface area is 169 Å². The maximum absolute atomic E-state index is 12.1. The van der Waals surface area contributed by atoms with E-state index in [9.17, 15) is 9.59 Å². The Bertz CT molecular complexity index is 505. The molecule has 0 aromatic heterocycles. The first-order chi connectivity index (χ1) is 13.2. The maximum Gasteiger partial charge on any atom is 0.320 e. The van der Waals surface area contributed by atoms with Crippen LogP contribution in [0.5, 0.6) is 0 Å². The van der Waals surface area contributed by atoms with Crippen LogP contribution in [0.4, 0.5) is 0 Å². The molecule has 28 heavy (non-hydrogen) atoms. The number of nitrogens with zero attached hydrogens (tertiary/aromatic N) is 2. The van der Waals surface area contributed by atoms with Gasteiger partial charge in [0.25, 0.3) is 0 Å². The minimum absolute atomic E-state index is 0.00456. The summed E-state index contributed by atoms with van der Waals surface area (Å²) in [5, 5.41) is 0. The minimum Gasteiger partial charge on any atom is -0.469 e. The van der Waals surface area contributed by atoms with Crippen LogP contribution in [0.3, 0.4) is 0 Å². The summed E-state index contributed by atoms with van der Waals surface area (Å²) >= 11 is 0. The zero-order valence-corrected chi connectivity index (χ0v) is 18.2. The number of ether oxygens (including phenoxy) is 3. The molecule has 0 spiro atoms. The minimum atomic E-state index is -0.471. The third-order valence-corrected chi connectivity index (χ3v) is 5.39. The quantitative estimate of drug-likeness (QED) is 0.582. The van der Waals surface area contributed by atoms with Crippen molar-refractivity contribution >= 4 is 11.9 Å². The lowest BCUT2D eigenvalue weighted by molar-refractivity contribution is -0.157. The molecule has 1 saturated heterocycles. The Morgan fingerprint density at radius 1 is 1.11 bits per heavy atom. The summed E-state index contributed by atoms with van der Waals surface area (Å²) in [6.07, 6.45) is 5.88. The molecule has 1 saturated carbocycles. The van der Waals surface area contributed by atoms with Crippen molar-refractivity contribution in [2.24, 2.45) is 5.92 Å². The molecule has 0 aromatic carbocycles. The van der Waals surface area contributed by atoms with E-state index in [2.05, 4.69) is 4.90 Å². The van der Waals surface area contributed by atoms with Crippen LogP contribution in [0.15, 0.2) is 0 Å². The van der Waals surface area contributed by atoms with Crippen LogP contribution in [0, 0.1) is 5.92 Å². The first kappa shape index (κ1) is 23.1. The number of hydrogen-bond donors (Lipinski definition) is 0. The van der Waals surface area contributed by atoms with Crippen molar-refractivity contribution in [2.75, 3.05) is 40.3 Å². The van der Waals surface area contributed by atoms with Crippen LogP contribution in [-0.2, 0) is 23.8 Å². The van der Waals surface area contributed by atoms with Gasteiger partial charge in [0, 0.05) is 19.6 Å². The lowest BCUT2D eigenvalue weighted by Gasteiger charge is -2.36. The summed E-state index contributed by atoms with van der Waals surface area (Å²) in [4.78, 5) is 28.2. The normalized spacial score (nSPS) is 24.9. The van der Waals surface area contributed by atoms with Gasteiger partial charge in [0.15, 0.2) is 0 Å². The highest BCUT2D eigenvalue weighted by Gasteiger charge is 2.32. The van der Waals surface area contributed by atoms with E-state index in [1.807, 2.05) is 32.7 Å². The number of likely N-dealkylation sites (N-methyl/N-ethyl adjacent to an activating group) is 1. The molecule has 1 aliphatic heterocycles. The third-order valence-electron chi connectivity index (χ3n) is 5.39. The molecule has 7 heteroatoms. The van der Waals surface area contributed by atoms with Crippen LogP contribution >= 0.6 is 0 Å². The summed E-state index contributed by atoms with van der Waals surface area (Å²) in [6, 6.07) is 0. The predicted molar refractivity (Wildman–Crippen MR) is 107 cm³/mol. The number of esters is 2. The van der Waals surface area contributed by atoms with Gasteiger partial charge in [-0.1, -0.05) is 0 Å². The molecule has 0 radical (unpaired) electrons. The smallest absolute Gasteiger partial charge is 0.320 e. The van der Waals surface area contributed by atoms with E-state index in [-0.39, 0.29) is 36.7 Å². The van der Waals surface area contributed by atoms with Crippen LogP contribution < -0.4 is 0 Å². The van der Waals surface area contributed by atoms with Gasteiger partial charge >= 0.3 is 11.9 Å². The van der Waals surface area contributed by atoms with Crippen molar-refractivity contribution in [2.45, 2.75) is 77.2 Å². The van der Waals surface area contributed by atoms with Crippen molar-refractivity contribution < 1.29 is 23.8 Å². The molecule has 0 aromatic rings. The Morgan fingerprint density at radius 3 is 2.25 bits per heavy atom. The highest BCUT2D eigenvalue weighted by molar-refractivity contribution is 5.72. The van der Waals surface area contributed by atoms with Crippen LogP contribution in [0.25, 0.3) is 0 Å². The summed E-state index contributed by atoms with van der Waals surface area (Å²) in [6.45, 7) is 8.62. The maximum atomic E-state index is 12.1. The van der Waals surface area contributed by atoms with Gasteiger partial charge in [-0.05, 0) is 66.3 Å². The van der Waals surface area contributed by atoms with Crippen molar-refractivity contribution in [1.82, 2.24) is 9.80 Å². The molecular weight excluding hydrogens is 360 g/mol. The SMILES string of the molecule is COC(=O)C1CCC(OC(CN(C)CC(=O)OC(C)(C)C)N2CCCC2)CC1. The fraction of sp³-hybridized carbons (Fsp3) is 0.905. The van der Waals surface area contributed by atoms with Gasteiger partial charge in [0.1, 0.15) is 11.8 Å². The molecule has 2 aliphatic rings. The molecule has 0 amide bonds. The first-order valence-electron chi connectivity index (χ1n) is 10.6. The second kappa shape index (κ2) is 10.6. The Hall–Kier alpha value is -1.18. The molecule has 0 N–H and O–H groups in total. The summed E-state index contributed by atoms with van der Waals surface area (Å²) in [5.74, 6) is -0.315. The summed E-state index contributed by atoms with van der Waals surface area (Å²) in [7, 11) is 3.39. The van der Waals surface area contributed by atoms with Gasteiger partial charge in [-0.2, -0.15) is 0 Å². The number of rotatable bonds is 8. The van der Waals surface area contributed by atoms with E-state index in [0.717, 1.165) is 38.8 Å². The topological polar surface area (TPSA) is 68.3 Å². The number of carbonyl (C=O) groups excluding carboxylic acids is 2. The molecule has 162 valence electrons. The third kappa shape index (κ3) is 7.68. The highest BCUT2D eigenvalue weighted by atomic mass is 16.6. The molecule has 2 fully saturated rings. The predicted octanol–water partition coefficient (Wildman–Crippen LogP) is 2.43. The fourth-order valence-corrected chi connectivity index (χ4v) is 4.02. The average Bonchev–Trinajstić information content (AvgIpc) is 3.14. The first-order valence-corrected chi connectivity index (χ1v) is 10.6. The second-order valence-corrected chi connectivity index (χ2v) is 9.11. The lowest BCUT2D eigenvalue weighted by Crippen LogP contribution is -2.47. The number of likely N-dealkylation sites (tertiary alicyclic amines) is 1. The molecule has 1 atom stereocenters. The van der Waals surface area contributed by atoms with E-state index < -0.39 is 5.60 Å². The van der Waals surface area contributed by atoms with E-state index in [0.29, 0.717) is 6.54 Å². The van der Waals surface area contributed by atoms with Gasteiger partial charge in [-0.25, -0.2) is 0 Å². The Kier molecular flexibility index (Phi) is 8.71. The van der Waals surface area contributed by atoms with Gasteiger partial charge in [-0.3, -0.25) is 19.4 Å². The molecule has 7 nitrogen and oxygen atoms in total. The van der Waals surface area contributed by atoms with Crippen molar-refractivity contribution in [1.29, 1.82) is 0 Å². The molecule has 1 heterocycles. The number of hydrogen-bond acceptors (Lipinski definition) is 7. The molecule has 1 aliphatic carbocycles. The lowest BCUT2D eigenvalue weighted by atomic mass is 9.87. The molecular formula is C21H38N2O5. The van der Waals surface area contributed by atoms with Crippen LogP contribution in [0.1, 0.15) is 59.3 Å². The van der Waals surface area contributed by atoms with Gasteiger partial charge in [0.05, 0.1) is 25.7 Å². The largest absolute Gasteiger partial charge is 0.469 e. The van der Waals surface area contributed by atoms with Gasteiger partial charge in [0.2, 0.25) is 0 Å². The van der Waals surface area contributed by atoms with E-state index in [1.54, 1.807) is 0 Å². The van der Waals surface area contributed by atoms with Crippen LogP contribution in [-0.4, -0.2) is 80.0 Å². The van der Waals surface area contributed by atoms with Gasteiger partial charge < -0.3 is 14.2 Å². The summed E-state index contributed by atoms with van der Waals surface area (Å²) in [5.41, 5.74) is -0.471. The molecule has 1 unspecified atom stereocenters. The zero-order chi connectivity index (χ0) is 20.7. The van der Waals surface area contributed by atoms with Crippen molar-refractivity contribution in [3.8, 4) is 0 Å². The fourth-order valence-electron chi connectivity index (χ4n) is 4.02. The Morgan fingerprint density at radius 2 is 1.71 bits per heavy atom. The summed E-state index contributed by atoms with van der Waals surface area (Å²) < 4.78 is 16.8. The Balaban J connectivity index is 1.86. The van der Waals surface area contributed by atoms with E-state index in [1.165, 1.54) is 20.0 Å².